The topological polar surface area (TPSA) is 102 Å². The van der Waals surface area contributed by atoms with Crippen LogP contribution in [0.15, 0.2) is 23.3 Å². The van der Waals surface area contributed by atoms with Crippen molar-refractivity contribution in [1.29, 1.82) is 0 Å². The zero-order valence-corrected chi connectivity index (χ0v) is 10.5. The summed E-state index contributed by atoms with van der Waals surface area (Å²) in [4.78, 5) is 20.2. The molecule has 0 aromatic heterocycles. The van der Waals surface area contributed by atoms with Gasteiger partial charge >= 0.3 is 5.69 Å². The van der Waals surface area contributed by atoms with Crippen LogP contribution in [0.1, 0.15) is 0 Å². The normalized spacial score (nSPS) is 18.1. The average molecular weight is 315 g/mol. The van der Waals surface area contributed by atoms with Crippen LogP contribution in [0.2, 0.25) is 0 Å². The van der Waals surface area contributed by atoms with Crippen LogP contribution in [0, 0.1) is 20.2 Å². The van der Waals surface area contributed by atoms with E-state index in [9.17, 15) is 20.2 Å². The summed E-state index contributed by atoms with van der Waals surface area (Å²) in [5.74, 6) is 0. The predicted molar refractivity (Wildman–Crippen MR) is 68.3 cm³/mol. The van der Waals surface area contributed by atoms with Crippen molar-refractivity contribution >= 4 is 39.2 Å². The Hall–Kier alpha value is -2.03. The Bertz CT molecular complexity index is 547. The first-order chi connectivity index (χ1) is 8.49. The standard InChI is InChI=1S/C9H7BrN4O4/c10-6-4-11-12(5-6)8-2-1-7(13(15)16)3-9(8)14(17)18/h1-4,6H,5H2. The molecule has 0 radical (unpaired) electrons. The zero-order chi connectivity index (χ0) is 13.3. The van der Waals surface area contributed by atoms with E-state index in [0.717, 1.165) is 6.07 Å². The molecular weight excluding hydrogens is 308 g/mol. The van der Waals surface area contributed by atoms with Crippen LogP contribution in [0.4, 0.5) is 17.1 Å². The molecule has 0 bridgehead atoms. The summed E-state index contributed by atoms with van der Waals surface area (Å²) in [5.41, 5.74) is -0.407. The summed E-state index contributed by atoms with van der Waals surface area (Å²) in [6, 6.07) is 3.49. The largest absolute Gasteiger partial charge is 0.301 e. The second-order valence-electron chi connectivity index (χ2n) is 3.55. The van der Waals surface area contributed by atoms with Crippen molar-refractivity contribution in [1.82, 2.24) is 0 Å². The van der Waals surface area contributed by atoms with E-state index in [-0.39, 0.29) is 21.9 Å². The minimum atomic E-state index is -0.669. The van der Waals surface area contributed by atoms with Gasteiger partial charge in [-0.05, 0) is 6.07 Å². The number of benzene rings is 1. The van der Waals surface area contributed by atoms with Gasteiger partial charge in [-0.2, -0.15) is 5.10 Å². The maximum Gasteiger partial charge on any atom is 0.301 e. The van der Waals surface area contributed by atoms with Crippen LogP contribution in [-0.4, -0.2) is 27.4 Å². The van der Waals surface area contributed by atoms with E-state index in [0.29, 0.717) is 6.54 Å². The number of halogens is 1. The molecule has 1 atom stereocenters. The lowest BCUT2D eigenvalue weighted by Crippen LogP contribution is -2.18. The highest BCUT2D eigenvalue weighted by Crippen LogP contribution is 2.33. The van der Waals surface area contributed by atoms with E-state index in [1.165, 1.54) is 17.1 Å². The number of anilines is 1. The number of alkyl halides is 1. The van der Waals surface area contributed by atoms with E-state index in [1.807, 2.05) is 0 Å². The molecule has 1 aliphatic heterocycles. The quantitative estimate of drug-likeness (QED) is 0.483. The highest BCUT2D eigenvalue weighted by molar-refractivity contribution is 9.10. The predicted octanol–water partition coefficient (Wildman–Crippen LogP) is 2.07. The van der Waals surface area contributed by atoms with E-state index < -0.39 is 9.85 Å². The van der Waals surface area contributed by atoms with Gasteiger partial charge in [0.15, 0.2) is 0 Å². The number of hydrogen-bond donors (Lipinski definition) is 0. The Balaban J connectivity index is 2.44. The first-order valence-electron chi connectivity index (χ1n) is 4.87. The van der Waals surface area contributed by atoms with Crippen LogP contribution in [0.3, 0.4) is 0 Å². The molecule has 1 aromatic carbocycles. The first-order valence-corrected chi connectivity index (χ1v) is 5.79. The van der Waals surface area contributed by atoms with Crippen molar-refractivity contribution in [2.45, 2.75) is 4.83 Å². The summed E-state index contributed by atoms with van der Waals surface area (Å²) in [5, 5.41) is 26.9. The summed E-state index contributed by atoms with van der Waals surface area (Å²) in [6.07, 6.45) is 1.60. The third-order valence-electron chi connectivity index (χ3n) is 2.36. The number of nitro groups is 2. The highest BCUT2D eigenvalue weighted by atomic mass is 79.9. The number of hydrazone groups is 1. The van der Waals surface area contributed by atoms with Gasteiger partial charge in [0.1, 0.15) is 5.69 Å². The molecule has 0 aliphatic carbocycles. The highest BCUT2D eigenvalue weighted by Gasteiger charge is 2.26. The van der Waals surface area contributed by atoms with Crippen LogP contribution in [0.25, 0.3) is 0 Å². The van der Waals surface area contributed by atoms with Gasteiger partial charge in [0.25, 0.3) is 5.69 Å². The van der Waals surface area contributed by atoms with Crippen LogP contribution < -0.4 is 5.01 Å². The van der Waals surface area contributed by atoms with Gasteiger partial charge in [0, 0.05) is 12.3 Å². The fourth-order valence-corrected chi connectivity index (χ4v) is 1.94. The summed E-state index contributed by atoms with van der Waals surface area (Å²) in [6.45, 7) is 0.443. The van der Waals surface area contributed by atoms with Gasteiger partial charge in [-0.3, -0.25) is 25.2 Å². The van der Waals surface area contributed by atoms with Crippen molar-refractivity contribution in [2.75, 3.05) is 11.6 Å². The Kier molecular flexibility index (Phi) is 3.24. The van der Waals surface area contributed by atoms with Crippen LogP contribution in [-0.2, 0) is 0 Å². The molecule has 8 nitrogen and oxygen atoms in total. The average Bonchev–Trinajstić information content (AvgIpc) is 2.74. The first kappa shape index (κ1) is 12.4. The second kappa shape index (κ2) is 4.69. The van der Waals surface area contributed by atoms with E-state index in [1.54, 1.807) is 6.21 Å². The molecule has 18 heavy (non-hydrogen) atoms. The minimum absolute atomic E-state index is 0.00676. The lowest BCUT2D eigenvalue weighted by atomic mass is 10.2. The Morgan fingerprint density at radius 1 is 1.33 bits per heavy atom. The monoisotopic (exact) mass is 314 g/mol. The SMILES string of the molecule is O=[N+]([O-])c1ccc(N2CC(Br)C=N2)c([N+](=O)[O-])c1. The van der Waals surface area contributed by atoms with Crippen molar-refractivity contribution in [3.63, 3.8) is 0 Å². The van der Waals surface area contributed by atoms with Gasteiger partial charge in [-0.25, -0.2) is 0 Å². The minimum Gasteiger partial charge on any atom is -0.258 e. The van der Waals surface area contributed by atoms with Crippen molar-refractivity contribution in [3.05, 3.63) is 38.4 Å². The maximum atomic E-state index is 10.9. The molecule has 1 aliphatic rings. The van der Waals surface area contributed by atoms with Gasteiger partial charge in [-0.1, -0.05) is 15.9 Å². The molecule has 0 N–H and O–H groups in total. The molecule has 0 fully saturated rings. The lowest BCUT2D eigenvalue weighted by molar-refractivity contribution is -0.393. The van der Waals surface area contributed by atoms with Crippen LogP contribution >= 0.6 is 15.9 Å². The number of rotatable bonds is 3. The molecule has 0 amide bonds. The Morgan fingerprint density at radius 3 is 2.56 bits per heavy atom. The molecule has 0 saturated carbocycles. The van der Waals surface area contributed by atoms with E-state index in [4.69, 9.17) is 0 Å². The Labute approximate surface area is 109 Å². The van der Waals surface area contributed by atoms with Crippen molar-refractivity contribution < 1.29 is 9.85 Å². The molecule has 94 valence electrons. The third-order valence-corrected chi connectivity index (χ3v) is 2.89. The molecule has 0 saturated heterocycles. The fourth-order valence-electron chi connectivity index (χ4n) is 1.56. The fraction of sp³-hybridized carbons (Fsp3) is 0.222. The molecule has 1 unspecified atom stereocenters. The van der Waals surface area contributed by atoms with Gasteiger partial charge in [0.2, 0.25) is 0 Å². The maximum absolute atomic E-state index is 10.9. The van der Waals surface area contributed by atoms with Gasteiger partial charge < -0.3 is 0 Å². The molecule has 1 heterocycles. The summed E-state index contributed by atoms with van der Waals surface area (Å²) >= 11 is 3.31. The third kappa shape index (κ3) is 2.30. The molecule has 2 rings (SSSR count). The van der Waals surface area contributed by atoms with Crippen molar-refractivity contribution in [2.24, 2.45) is 5.10 Å². The number of nitro benzene ring substituents is 2. The summed E-state index contributed by atoms with van der Waals surface area (Å²) in [7, 11) is 0. The second-order valence-corrected chi connectivity index (χ2v) is 4.73. The van der Waals surface area contributed by atoms with Crippen molar-refractivity contribution in [3.8, 4) is 0 Å². The number of hydrogen-bond acceptors (Lipinski definition) is 6. The Morgan fingerprint density at radius 2 is 2.06 bits per heavy atom. The van der Waals surface area contributed by atoms with E-state index >= 15 is 0 Å². The number of non-ortho nitro benzene ring substituents is 1. The molecule has 1 aromatic rings. The number of nitrogens with zero attached hydrogens (tertiary/aromatic N) is 4. The van der Waals surface area contributed by atoms with Crippen LogP contribution in [0.5, 0.6) is 0 Å². The van der Waals surface area contributed by atoms with Gasteiger partial charge in [0.05, 0.1) is 27.3 Å². The molecule has 0 spiro atoms. The zero-order valence-electron chi connectivity index (χ0n) is 8.89. The summed E-state index contributed by atoms with van der Waals surface area (Å²) < 4.78 is 0. The lowest BCUT2D eigenvalue weighted by Gasteiger charge is -2.14. The molecular formula is C9H7BrN4O4. The van der Waals surface area contributed by atoms with E-state index in [2.05, 4.69) is 21.0 Å². The molecule has 9 heteroatoms. The van der Waals surface area contributed by atoms with Gasteiger partial charge in [-0.15, -0.1) is 0 Å². The smallest absolute Gasteiger partial charge is 0.258 e.